The highest BCUT2D eigenvalue weighted by molar-refractivity contribution is 6.02. The van der Waals surface area contributed by atoms with E-state index in [-0.39, 0.29) is 24.9 Å². The number of anilines is 1. The minimum atomic E-state index is -0.547. The number of amides is 2. The molecule has 2 fully saturated rings. The number of rotatable bonds is 7. The van der Waals surface area contributed by atoms with Gasteiger partial charge in [-0.2, -0.15) is 0 Å². The molecule has 196 valence electrons. The Morgan fingerprint density at radius 1 is 0.947 bits per heavy atom. The molecule has 0 atom stereocenters. The van der Waals surface area contributed by atoms with Crippen LogP contribution >= 0.6 is 0 Å². The first-order chi connectivity index (χ1) is 18.4. The summed E-state index contributed by atoms with van der Waals surface area (Å²) >= 11 is 0. The Labute approximate surface area is 221 Å². The van der Waals surface area contributed by atoms with Crippen molar-refractivity contribution in [2.24, 2.45) is 0 Å². The maximum absolute atomic E-state index is 13.4. The second kappa shape index (κ2) is 9.78. The molecule has 38 heavy (non-hydrogen) atoms. The highest BCUT2D eigenvalue weighted by atomic mass is 16.7. The van der Waals surface area contributed by atoms with Crippen LogP contribution in [0, 0.1) is 6.92 Å². The van der Waals surface area contributed by atoms with Crippen molar-refractivity contribution in [2.75, 3.05) is 38.9 Å². The Balaban J connectivity index is 1.16. The summed E-state index contributed by atoms with van der Waals surface area (Å²) in [5.41, 5.74) is 4.77. The number of hydrogen-bond acceptors (Lipinski definition) is 6. The molecule has 6 rings (SSSR count). The Morgan fingerprint density at radius 3 is 2.42 bits per heavy atom. The van der Waals surface area contributed by atoms with E-state index in [1.807, 2.05) is 67.6 Å². The van der Waals surface area contributed by atoms with Crippen LogP contribution in [0.2, 0.25) is 0 Å². The van der Waals surface area contributed by atoms with Gasteiger partial charge in [-0.1, -0.05) is 24.3 Å². The molecule has 2 amide bonds. The number of carbonyl (C=O) groups is 2. The maximum atomic E-state index is 13.4. The maximum Gasteiger partial charge on any atom is 0.253 e. The Hall–Kier alpha value is -3.88. The summed E-state index contributed by atoms with van der Waals surface area (Å²) in [7, 11) is 1.74. The van der Waals surface area contributed by atoms with E-state index < -0.39 is 5.41 Å². The minimum Gasteiger partial charge on any atom is -0.454 e. The lowest BCUT2D eigenvalue weighted by Crippen LogP contribution is -2.34. The Bertz CT molecular complexity index is 1380. The molecule has 2 aliphatic heterocycles. The molecule has 2 heterocycles. The molecule has 1 N–H and O–H groups in total. The number of benzene rings is 3. The van der Waals surface area contributed by atoms with Crippen LogP contribution in [-0.2, 0) is 19.7 Å². The first-order valence-electron chi connectivity index (χ1n) is 12.8. The van der Waals surface area contributed by atoms with Gasteiger partial charge < -0.3 is 29.2 Å². The molecule has 3 aliphatic rings. The normalized spacial score (nSPS) is 17.3. The fourth-order valence-corrected chi connectivity index (χ4v) is 5.06. The fourth-order valence-electron chi connectivity index (χ4n) is 5.06. The third-order valence-electron chi connectivity index (χ3n) is 7.51. The lowest BCUT2D eigenvalue weighted by molar-refractivity contribution is -0.118. The van der Waals surface area contributed by atoms with Gasteiger partial charge in [0.2, 0.25) is 12.7 Å². The zero-order chi connectivity index (χ0) is 26.3. The predicted octanol–water partition coefficient (Wildman–Crippen LogP) is 4.51. The van der Waals surface area contributed by atoms with Crippen molar-refractivity contribution in [2.45, 2.75) is 31.5 Å². The van der Waals surface area contributed by atoms with Crippen molar-refractivity contribution in [3.63, 3.8) is 0 Å². The van der Waals surface area contributed by atoms with Gasteiger partial charge >= 0.3 is 0 Å². The molecular weight excluding hydrogens is 484 g/mol. The van der Waals surface area contributed by atoms with E-state index in [1.165, 1.54) is 0 Å². The summed E-state index contributed by atoms with van der Waals surface area (Å²) in [5.74, 6) is 1.29. The predicted molar refractivity (Wildman–Crippen MR) is 141 cm³/mol. The summed E-state index contributed by atoms with van der Waals surface area (Å²) < 4.78 is 21.8. The number of nitrogens with one attached hydrogen (secondary N) is 1. The zero-order valence-corrected chi connectivity index (χ0v) is 21.5. The number of aryl methyl sites for hydroxylation is 1. The van der Waals surface area contributed by atoms with Gasteiger partial charge in [-0.3, -0.25) is 9.59 Å². The molecule has 1 aliphatic carbocycles. The van der Waals surface area contributed by atoms with Crippen molar-refractivity contribution in [3.8, 4) is 22.6 Å². The number of ether oxygens (including phenoxy) is 4. The number of fused-ring (bicyclic) bond motifs is 1. The van der Waals surface area contributed by atoms with E-state index in [1.54, 1.807) is 11.9 Å². The van der Waals surface area contributed by atoms with Gasteiger partial charge in [-0.05, 0) is 78.4 Å². The molecule has 1 saturated carbocycles. The average molecular weight is 515 g/mol. The van der Waals surface area contributed by atoms with Crippen LogP contribution in [0.1, 0.15) is 34.3 Å². The number of carbonyl (C=O) groups excluding carboxylic acids is 2. The second-order valence-corrected chi connectivity index (χ2v) is 10.1. The van der Waals surface area contributed by atoms with Gasteiger partial charge in [0.05, 0.1) is 25.2 Å². The molecule has 0 aromatic heterocycles. The Kier molecular flexibility index (Phi) is 6.29. The first kappa shape index (κ1) is 24.5. The topological polar surface area (TPSA) is 86.3 Å². The average Bonchev–Trinajstić information content (AvgIpc) is 3.34. The quantitative estimate of drug-likeness (QED) is 0.500. The van der Waals surface area contributed by atoms with Crippen molar-refractivity contribution in [3.05, 3.63) is 77.4 Å². The number of likely N-dealkylation sites (N-methyl/N-ethyl adjacent to an activating group) is 1. The molecule has 0 unspecified atom stereocenters. The number of hydrogen-bond donors (Lipinski definition) is 1. The second-order valence-electron chi connectivity index (χ2n) is 10.1. The molecular formula is C30H30N2O6. The lowest BCUT2D eigenvalue weighted by Gasteiger charge is -2.20. The van der Waals surface area contributed by atoms with Crippen LogP contribution < -0.4 is 14.8 Å². The van der Waals surface area contributed by atoms with Crippen LogP contribution in [-0.4, -0.2) is 56.6 Å². The van der Waals surface area contributed by atoms with E-state index >= 15 is 0 Å². The summed E-state index contributed by atoms with van der Waals surface area (Å²) in [4.78, 5) is 27.9. The van der Waals surface area contributed by atoms with Crippen molar-refractivity contribution in [1.29, 1.82) is 0 Å². The molecule has 3 aromatic carbocycles. The summed E-state index contributed by atoms with van der Waals surface area (Å²) in [6.07, 6.45) is 1.21. The summed E-state index contributed by atoms with van der Waals surface area (Å²) in [6, 6.07) is 19.2. The molecule has 0 radical (unpaired) electrons. The standard InChI is InChI=1S/C30H30N2O6/c1-19-3-9-23(31-29(34)30(11-12-30)22-8-10-25-26(15-22)38-18-37-25)16-24(19)20-4-6-21(7-5-20)28(33)32(2)17-27-35-13-14-36-27/h3-10,15-16,27H,11-14,17-18H2,1-2H3,(H,31,34). The fraction of sp³-hybridized carbons (Fsp3) is 0.333. The van der Waals surface area contributed by atoms with E-state index in [2.05, 4.69) is 5.32 Å². The van der Waals surface area contributed by atoms with Crippen LogP contribution in [0.25, 0.3) is 11.1 Å². The highest BCUT2D eigenvalue weighted by Crippen LogP contribution is 2.51. The monoisotopic (exact) mass is 514 g/mol. The molecule has 0 spiro atoms. The molecule has 1 saturated heterocycles. The van der Waals surface area contributed by atoms with Gasteiger partial charge in [-0.25, -0.2) is 0 Å². The highest BCUT2D eigenvalue weighted by Gasteiger charge is 2.51. The first-order valence-corrected chi connectivity index (χ1v) is 12.8. The van der Waals surface area contributed by atoms with Crippen LogP contribution in [0.3, 0.4) is 0 Å². The molecule has 8 heteroatoms. The van der Waals surface area contributed by atoms with Crippen LogP contribution in [0.5, 0.6) is 11.5 Å². The van der Waals surface area contributed by atoms with Gasteiger partial charge in [0, 0.05) is 18.3 Å². The zero-order valence-electron chi connectivity index (χ0n) is 21.5. The van der Waals surface area contributed by atoms with E-state index in [9.17, 15) is 9.59 Å². The number of nitrogens with zero attached hydrogens (tertiary/aromatic N) is 1. The lowest BCUT2D eigenvalue weighted by atomic mass is 9.94. The van der Waals surface area contributed by atoms with E-state index in [0.29, 0.717) is 36.8 Å². The summed E-state index contributed by atoms with van der Waals surface area (Å²) in [6.45, 7) is 3.74. The van der Waals surface area contributed by atoms with E-state index in [4.69, 9.17) is 18.9 Å². The van der Waals surface area contributed by atoms with E-state index in [0.717, 1.165) is 40.8 Å². The smallest absolute Gasteiger partial charge is 0.253 e. The van der Waals surface area contributed by atoms with Crippen LogP contribution in [0.4, 0.5) is 5.69 Å². The van der Waals surface area contributed by atoms with Crippen molar-refractivity contribution in [1.82, 2.24) is 4.90 Å². The Morgan fingerprint density at radius 2 is 1.68 bits per heavy atom. The molecule has 0 bridgehead atoms. The SMILES string of the molecule is Cc1ccc(NC(=O)C2(c3ccc4c(c3)OCO4)CC2)cc1-c1ccc(C(=O)N(C)CC2OCCO2)cc1. The van der Waals surface area contributed by atoms with Gasteiger partial charge in [0.15, 0.2) is 17.8 Å². The third kappa shape index (κ3) is 4.61. The molecule has 3 aromatic rings. The largest absolute Gasteiger partial charge is 0.454 e. The minimum absolute atomic E-state index is 0.0228. The third-order valence-corrected chi connectivity index (χ3v) is 7.51. The van der Waals surface area contributed by atoms with Gasteiger partial charge in [0.1, 0.15) is 0 Å². The van der Waals surface area contributed by atoms with Crippen LogP contribution in [0.15, 0.2) is 60.7 Å². The summed E-state index contributed by atoms with van der Waals surface area (Å²) in [5, 5.41) is 3.13. The van der Waals surface area contributed by atoms with Gasteiger partial charge in [-0.15, -0.1) is 0 Å². The van der Waals surface area contributed by atoms with Gasteiger partial charge in [0.25, 0.3) is 5.91 Å². The molecule has 8 nitrogen and oxygen atoms in total. The van der Waals surface area contributed by atoms with Crippen molar-refractivity contribution >= 4 is 17.5 Å². The van der Waals surface area contributed by atoms with Crippen molar-refractivity contribution < 1.29 is 28.5 Å².